The standard InChI is InChI=1S/C11H14ClNO2/c1-4-10(14)7(2)8-5-11(15-3)13-6-9(8)12/h5-7H,4H2,1-3H3. The number of hydrogen-bond donors (Lipinski definition) is 0. The van der Waals surface area contributed by atoms with Crippen LogP contribution in [0.25, 0.3) is 0 Å². The lowest BCUT2D eigenvalue weighted by atomic mass is 9.96. The van der Waals surface area contributed by atoms with E-state index in [1.165, 1.54) is 13.3 Å². The van der Waals surface area contributed by atoms with Crippen LogP contribution < -0.4 is 4.74 Å². The van der Waals surface area contributed by atoms with Gasteiger partial charge >= 0.3 is 0 Å². The third-order valence-electron chi connectivity index (χ3n) is 2.37. The highest BCUT2D eigenvalue weighted by Gasteiger charge is 2.17. The predicted molar refractivity (Wildman–Crippen MR) is 59.5 cm³/mol. The van der Waals surface area contributed by atoms with Gasteiger partial charge in [0.25, 0.3) is 0 Å². The fourth-order valence-electron chi connectivity index (χ4n) is 1.36. The van der Waals surface area contributed by atoms with E-state index >= 15 is 0 Å². The molecule has 0 aliphatic rings. The third-order valence-corrected chi connectivity index (χ3v) is 2.68. The lowest BCUT2D eigenvalue weighted by molar-refractivity contribution is -0.119. The molecule has 1 aromatic rings. The molecule has 0 fully saturated rings. The van der Waals surface area contributed by atoms with Crippen molar-refractivity contribution in [1.82, 2.24) is 4.98 Å². The van der Waals surface area contributed by atoms with Gasteiger partial charge in [-0.15, -0.1) is 0 Å². The first-order valence-electron chi connectivity index (χ1n) is 4.82. The summed E-state index contributed by atoms with van der Waals surface area (Å²) in [4.78, 5) is 15.5. The number of rotatable bonds is 4. The summed E-state index contributed by atoms with van der Waals surface area (Å²) < 4.78 is 4.99. The Hall–Kier alpha value is -1.09. The minimum absolute atomic E-state index is 0.158. The van der Waals surface area contributed by atoms with E-state index in [9.17, 15) is 4.79 Å². The SMILES string of the molecule is CCC(=O)C(C)c1cc(OC)ncc1Cl. The summed E-state index contributed by atoms with van der Waals surface area (Å²) in [6.45, 7) is 3.68. The highest BCUT2D eigenvalue weighted by atomic mass is 35.5. The Bertz CT molecular complexity index is 366. The molecule has 0 amide bonds. The van der Waals surface area contributed by atoms with Gasteiger partial charge in [-0.25, -0.2) is 4.98 Å². The molecule has 0 saturated carbocycles. The first-order chi connectivity index (χ1) is 7.10. The largest absolute Gasteiger partial charge is 0.481 e. The monoisotopic (exact) mass is 227 g/mol. The number of methoxy groups -OCH3 is 1. The Morgan fingerprint density at radius 1 is 1.67 bits per heavy atom. The van der Waals surface area contributed by atoms with E-state index in [2.05, 4.69) is 4.98 Å². The van der Waals surface area contributed by atoms with Gasteiger partial charge in [-0.2, -0.15) is 0 Å². The molecular formula is C11H14ClNO2. The topological polar surface area (TPSA) is 39.2 Å². The molecule has 1 atom stereocenters. The van der Waals surface area contributed by atoms with Crippen molar-refractivity contribution in [3.8, 4) is 5.88 Å². The second-order valence-corrected chi connectivity index (χ2v) is 3.70. The van der Waals surface area contributed by atoms with Crippen LogP contribution in [0.3, 0.4) is 0 Å². The van der Waals surface area contributed by atoms with Gasteiger partial charge in [0.2, 0.25) is 5.88 Å². The van der Waals surface area contributed by atoms with E-state index in [1.807, 2.05) is 13.8 Å². The van der Waals surface area contributed by atoms with Crippen LogP contribution in [-0.4, -0.2) is 17.9 Å². The van der Waals surface area contributed by atoms with Gasteiger partial charge in [0.05, 0.1) is 12.1 Å². The van der Waals surface area contributed by atoms with Crippen LogP contribution in [0.15, 0.2) is 12.3 Å². The summed E-state index contributed by atoms with van der Waals surface area (Å²) in [6, 6.07) is 1.71. The second-order valence-electron chi connectivity index (χ2n) is 3.29. The number of halogens is 1. The average molecular weight is 228 g/mol. The van der Waals surface area contributed by atoms with Gasteiger partial charge in [0.1, 0.15) is 5.78 Å². The van der Waals surface area contributed by atoms with Crippen molar-refractivity contribution in [2.45, 2.75) is 26.2 Å². The zero-order chi connectivity index (χ0) is 11.4. The molecule has 0 aliphatic carbocycles. The van der Waals surface area contributed by atoms with E-state index in [1.54, 1.807) is 6.07 Å². The van der Waals surface area contributed by atoms with Crippen molar-refractivity contribution in [3.05, 3.63) is 22.8 Å². The molecule has 0 bridgehead atoms. The lowest BCUT2D eigenvalue weighted by Gasteiger charge is -2.12. The van der Waals surface area contributed by atoms with Crippen LogP contribution in [0.1, 0.15) is 31.7 Å². The summed E-state index contributed by atoms with van der Waals surface area (Å²) in [5, 5.41) is 0.505. The molecule has 82 valence electrons. The maximum atomic E-state index is 11.5. The van der Waals surface area contributed by atoms with Crippen molar-refractivity contribution in [1.29, 1.82) is 0 Å². The molecule has 0 N–H and O–H groups in total. The number of hydrogen-bond acceptors (Lipinski definition) is 3. The van der Waals surface area contributed by atoms with Crippen molar-refractivity contribution >= 4 is 17.4 Å². The number of carbonyl (C=O) groups excluding carboxylic acids is 1. The normalized spacial score (nSPS) is 12.3. The fourth-order valence-corrected chi connectivity index (χ4v) is 1.62. The number of aromatic nitrogens is 1. The Labute approximate surface area is 94.4 Å². The van der Waals surface area contributed by atoms with Crippen LogP contribution in [0.5, 0.6) is 5.88 Å². The van der Waals surface area contributed by atoms with Crippen LogP contribution in [0, 0.1) is 0 Å². The molecule has 3 nitrogen and oxygen atoms in total. The Morgan fingerprint density at radius 2 is 2.33 bits per heavy atom. The number of ether oxygens (including phenoxy) is 1. The molecule has 0 radical (unpaired) electrons. The van der Waals surface area contributed by atoms with Gasteiger partial charge in [-0.05, 0) is 5.56 Å². The van der Waals surface area contributed by atoms with E-state index < -0.39 is 0 Å². The molecule has 0 saturated heterocycles. The summed E-state index contributed by atoms with van der Waals surface area (Å²) in [5.74, 6) is 0.426. The van der Waals surface area contributed by atoms with Crippen LogP contribution in [0.2, 0.25) is 5.02 Å². The number of carbonyl (C=O) groups is 1. The number of Topliss-reactive ketones (excluding diaryl/α,β-unsaturated/α-hetero) is 1. The molecule has 1 unspecified atom stereocenters. The summed E-state index contributed by atoms with van der Waals surface area (Å²) >= 11 is 5.98. The predicted octanol–water partition coefficient (Wildman–Crippen LogP) is 2.83. The van der Waals surface area contributed by atoms with Crippen LogP contribution >= 0.6 is 11.6 Å². The molecular weight excluding hydrogens is 214 g/mol. The summed E-state index contributed by atoms with van der Waals surface area (Å²) in [6.07, 6.45) is 2.01. The zero-order valence-corrected chi connectivity index (χ0v) is 9.84. The first-order valence-corrected chi connectivity index (χ1v) is 5.20. The number of pyridine rings is 1. The summed E-state index contributed by atoms with van der Waals surface area (Å²) in [5.41, 5.74) is 0.773. The van der Waals surface area contributed by atoms with E-state index in [0.29, 0.717) is 17.3 Å². The first kappa shape index (κ1) is 12.0. The van der Waals surface area contributed by atoms with E-state index in [0.717, 1.165) is 5.56 Å². The highest BCUT2D eigenvalue weighted by molar-refractivity contribution is 6.31. The van der Waals surface area contributed by atoms with Gasteiger partial charge in [0, 0.05) is 24.6 Å². The van der Waals surface area contributed by atoms with Crippen molar-refractivity contribution in [3.63, 3.8) is 0 Å². The molecule has 4 heteroatoms. The van der Waals surface area contributed by atoms with Crippen LogP contribution in [-0.2, 0) is 4.79 Å². The molecule has 0 aliphatic heterocycles. The van der Waals surface area contributed by atoms with Gasteiger partial charge in [-0.1, -0.05) is 25.4 Å². The molecule has 1 rings (SSSR count). The minimum Gasteiger partial charge on any atom is -0.481 e. The highest BCUT2D eigenvalue weighted by Crippen LogP contribution is 2.27. The zero-order valence-electron chi connectivity index (χ0n) is 9.08. The maximum absolute atomic E-state index is 11.5. The van der Waals surface area contributed by atoms with Gasteiger partial charge < -0.3 is 4.74 Å². The summed E-state index contributed by atoms with van der Waals surface area (Å²) in [7, 11) is 1.53. The van der Waals surface area contributed by atoms with Gasteiger partial charge in [-0.3, -0.25) is 4.79 Å². The smallest absolute Gasteiger partial charge is 0.213 e. The Balaban J connectivity index is 3.06. The fraction of sp³-hybridized carbons (Fsp3) is 0.455. The lowest BCUT2D eigenvalue weighted by Crippen LogP contribution is -2.08. The average Bonchev–Trinajstić information content (AvgIpc) is 2.27. The molecule has 1 heterocycles. The van der Waals surface area contributed by atoms with Crippen molar-refractivity contribution in [2.24, 2.45) is 0 Å². The quantitative estimate of drug-likeness (QED) is 0.794. The Kier molecular flexibility index (Phi) is 4.09. The minimum atomic E-state index is -0.209. The van der Waals surface area contributed by atoms with E-state index in [4.69, 9.17) is 16.3 Å². The maximum Gasteiger partial charge on any atom is 0.213 e. The molecule has 0 aromatic carbocycles. The van der Waals surface area contributed by atoms with Crippen molar-refractivity contribution < 1.29 is 9.53 Å². The second kappa shape index (κ2) is 5.12. The van der Waals surface area contributed by atoms with Crippen LogP contribution in [0.4, 0.5) is 0 Å². The van der Waals surface area contributed by atoms with Gasteiger partial charge in [0.15, 0.2) is 0 Å². The van der Waals surface area contributed by atoms with E-state index in [-0.39, 0.29) is 11.7 Å². The number of nitrogens with zero attached hydrogens (tertiary/aromatic N) is 1. The Morgan fingerprint density at radius 3 is 2.87 bits per heavy atom. The third kappa shape index (κ3) is 2.69. The molecule has 0 spiro atoms. The van der Waals surface area contributed by atoms with Crippen molar-refractivity contribution in [2.75, 3.05) is 7.11 Å². The molecule has 1 aromatic heterocycles. The number of ketones is 1. The molecule has 15 heavy (non-hydrogen) atoms.